The van der Waals surface area contributed by atoms with Crippen molar-refractivity contribution in [1.29, 1.82) is 0 Å². The number of rotatable bonds is 4. The highest BCUT2D eigenvalue weighted by Gasteiger charge is 2.16. The molecule has 0 aliphatic heterocycles. The maximum Gasteiger partial charge on any atom is 0.0772 e. The average molecular weight is 369 g/mol. The Bertz CT molecular complexity index is 630. The molecule has 0 radical (unpaired) electrons. The molecular formula is C17H19BrClNO. The van der Waals surface area contributed by atoms with Crippen LogP contribution in [0, 0.1) is 0 Å². The van der Waals surface area contributed by atoms with E-state index in [1.165, 1.54) is 0 Å². The summed E-state index contributed by atoms with van der Waals surface area (Å²) in [5.74, 6) is 0. The Labute approximate surface area is 139 Å². The first kappa shape index (κ1) is 16.3. The molecule has 0 aliphatic rings. The van der Waals surface area contributed by atoms with Gasteiger partial charge in [-0.25, -0.2) is 0 Å². The van der Waals surface area contributed by atoms with Crippen LogP contribution in [0.2, 0.25) is 5.02 Å². The summed E-state index contributed by atoms with van der Waals surface area (Å²) in [6.07, 6.45) is -0.486. The Morgan fingerprint density at radius 2 is 1.76 bits per heavy atom. The van der Waals surface area contributed by atoms with Gasteiger partial charge in [-0.3, -0.25) is 0 Å². The first-order valence-corrected chi connectivity index (χ1v) is 8.03. The Morgan fingerprint density at radius 3 is 2.33 bits per heavy atom. The zero-order valence-corrected chi connectivity index (χ0v) is 14.7. The minimum atomic E-state index is -0.486. The monoisotopic (exact) mass is 367 g/mol. The summed E-state index contributed by atoms with van der Waals surface area (Å²) in [5.41, 5.74) is 3.05. The van der Waals surface area contributed by atoms with E-state index in [2.05, 4.69) is 27.8 Å². The molecule has 21 heavy (non-hydrogen) atoms. The van der Waals surface area contributed by atoms with Gasteiger partial charge in [0.15, 0.2) is 0 Å². The fourth-order valence-electron chi connectivity index (χ4n) is 2.32. The van der Waals surface area contributed by atoms with Gasteiger partial charge in [-0.1, -0.05) is 51.8 Å². The Balaban J connectivity index is 2.30. The van der Waals surface area contributed by atoms with Crippen molar-refractivity contribution in [2.45, 2.75) is 26.0 Å². The fourth-order valence-corrected chi connectivity index (χ4v) is 3.31. The molecule has 2 aromatic carbocycles. The van der Waals surface area contributed by atoms with Gasteiger partial charge in [-0.05, 0) is 43.2 Å². The van der Waals surface area contributed by atoms with Gasteiger partial charge in [0.25, 0.3) is 0 Å². The van der Waals surface area contributed by atoms with Crippen LogP contribution in [0.3, 0.4) is 0 Å². The molecule has 112 valence electrons. The van der Waals surface area contributed by atoms with Gasteiger partial charge >= 0.3 is 0 Å². The number of halogens is 2. The third kappa shape index (κ3) is 3.60. The fraction of sp³-hybridized carbons (Fsp3) is 0.294. The summed E-state index contributed by atoms with van der Waals surface area (Å²) in [4.78, 5) is 2.16. The van der Waals surface area contributed by atoms with E-state index in [9.17, 15) is 5.11 Å². The predicted molar refractivity (Wildman–Crippen MR) is 93.0 cm³/mol. The molecule has 1 N–H and O–H groups in total. The van der Waals surface area contributed by atoms with Crippen LogP contribution in [0.15, 0.2) is 46.9 Å². The molecule has 0 amide bonds. The van der Waals surface area contributed by atoms with E-state index in [1.807, 2.05) is 49.5 Å². The number of hydrogen-bond donors (Lipinski definition) is 1. The molecule has 0 heterocycles. The Morgan fingerprint density at radius 1 is 1.10 bits per heavy atom. The molecule has 0 fully saturated rings. The van der Waals surface area contributed by atoms with Gasteiger partial charge in [0, 0.05) is 22.2 Å². The SMILES string of the molecule is CC(c1ccccc1Cl)N(C)c1ccc([C@@H](C)O)c(Br)c1. The molecule has 1 unspecified atom stereocenters. The molecular weight excluding hydrogens is 350 g/mol. The minimum Gasteiger partial charge on any atom is -0.389 e. The summed E-state index contributed by atoms with van der Waals surface area (Å²) >= 11 is 9.80. The molecule has 0 aromatic heterocycles. The maximum atomic E-state index is 9.70. The molecule has 0 saturated heterocycles. The summed E-state index contributed by atoms with van der Waals surface area (Å²) < 4.78 is 0.910. The normalized spacial score (nSPS) is 13.8. The Hall–Kier alpha value is -1.03. The van der Waals surface area contributed by atoms with Crippen LogP contribution in [0.5, 0.6) is 0 Å². The van der Waals surface area contributed by atoms with Crippen LogP contribution in [-0.4, -0.2) is 12.2 Å². The molecule has 0 saturated carbocycles. The van der Waals surface area contributed by atoms with Gasteiger partial charge in [-0.15, -0.1) is 0 Å². The highest BCUT2D eigenvalue weighted by Crippen LogP contribution is 2.33. The number of aliphatic hydroxyl groups excluding tert-OH is 1. The van der Waals surface area contributed by atoms with Crippen molar-refractivity contribution in [3.05, 3.63) is 63.1 Å². The van der Waals surface area contributed by atoms with Crippen molar-refractivity contribution in [2.75, 3.05) is 11.9 Å². The third-order valence-electron chi connectivity index (χ3n) is 3.78. The first-order chi connectivity index (χ1) is 9.91. The number of aliphatic hydroxyl groups is 1. The van der Waals surface area contributed by atoms with E-state index >= 15 is 0 Å². The van der Waals surface area contributed by atoms with Crippen molar-refractivity contribution in [3.63, 3.8) is 0 Å². The summed E-state index contributed by atoms with van der Waals surface area (Å²) in [7, 11) is 2.04. The van der Waals surface area contributed by atoms with Crippen LogP contribution >= 0.6 is 27.5 Å². The Kier molecular flexibility index (Phi) is 5.31. The average Bonchev–Trinajstić information content (AvgIpc) is 2.45. The second kappa shape index (κ2) is 6.82. The van der Waals surface area contributed by atoms with E-state index in [-0.39, 0.29) is 6.04 Å². The van der Waals surface area contributed by atoms with E-state index in [1.54, 1.807) is 6.92 Å². The van der Waals surface area contributed by atoms with E-state index in [0.29, 0.717) is 0 Å². The molecule has 4 heteroatoms. The second-order valence-corrected chi connectivity index (χ2v) is 6.45. The molecule has 2 aromatic rings. The molecule has 0 spiro atoms. The van der Waals surface area contributed by atoms with Gasteiger partial charge in [0.05, 0.1) is 12.1 Å². The van der Waals surface area contributed by atoms with Gasteiger partial charge in [-0.2, -0.15) is 0 Å². The standard InChI is InChI=1S/C17H19BrClNO/c1-11(14-6-4-5-7-17(14)19)20(3)13-8-9-15(12(2)21)16(18)10-13/h4-12,21H,1-3H3/t11?,12-/m1/s1. The van der Waals surface area contributed by atoms with E-state index < -0.39 is 6.10 Å². The quantitative estimate of drug-likeness (QED) is 0.786. The summed E-state index contributed by atoms with van der Waals surface area (Å²) in [6, 6.07) is 14.0. The van der Waals surface area contributed by atoms with E-state index in [4.69, 9.17) is 11.6 Å². The largest absolute Gasteiger partial charge is 0.389 e. The lowest BCUT2D eigenvalue weighted by Gasteiger charge is -2.28. The molecule has 2 rings (SSSR count). The molecule has 2 nitrogen and oxygen atoms in total. The molecule has 0 bridgehead atoms. The summed E-state index contributed by atoms with van der Waals surface area (Å²) in [5, 5.41) is 10.5. The second-order valence-electron chi connectivity index (χ2n) is 5.19. The first-order valence-electron chi connectivity index (χ1n) is 6.86. The number of hydrogen-bond acceptors (Lipinski definition) is 2. The summed E-state index contributed by atoms with van der Waals surface area (Å²) in [6.45, 7) is 3.88. The lowest BCUT2D eigenvalue weighted by atomic mass is 10.1. The number of anilines is 1. The molecule has 2 atom stereocenters. The van der Waals surface area contributed by atoms with Crippen molar-refractivity contribution < 1.29 is 5.11 Å². The predicted octanol–water partition coefficient (Wildman–Crippen LogP) is 5.35. The van der Waals surface area contributed by atoms with Crippen molar-refractivity contribution >= 4 is 33.2 Å². The third-order valence-corrected chi connectivity index (χ3v) is 4.81. The van der Waals surface area contributed by atoms with Gasteiger partial charge < -0.3 is 10.0 Å². The zero-order valence-electron chi connectivity index (χ0n) is 12.3. The maximum absolute atomic E-state index is 9.70. The highest BCUT2D eigenvalue weighted by atomic mass is 79.9. The highest BCUT2D eigenvalue weighted by molar-refractivity contribution is 9.10. The smallest absolute Gasteiger partial charge is 0.0772 e. The van der Waals surface area contributed by atoms with Gasteiger partial charge in [0.1, 0.15) is 0 Å². The minimum absolute atomic E-state index is 0.156. The van der Waals surface area contributed by atoms with Crippen LogP contribution < -0.4 is 4.90 Å². The van der Waals surface area contributed by atoms with Crippen molar-refractivity contribution in [2.24, 2.45) is 0 Å². The van der Waals surface area contributed by atoms with Crippen LogP contribution in [0.4, 0.5) is 5.69 Å². The van der Waals surface area contributed by atoms with Crippen LogP contribution in [-0.2, 0) is 0 Å². The lowest BCUT2D eigenvalue weighted by molar-refractivity contribution is 0.198. The van der Waals surface area contributed by atoms with Crippen LogP contribution in [0.25, 0.3) is 0 Å². The molecule has 0 aliphatic carbocycles. The van der Waals surface area contributed by atoms with E-state index in [0.717, 1.165) is 26.3 Å². The van der Waals surface area contributed by atoms with Gasteiger partial charge in [0.2, 0.25) is 0 Å². The number of benzene rings is 2. The lowest BCUT2D eigenvalue weighted by Crippen LogP contribution is -2.22. The van der Waals surface area contributed by atoms with Crippen LogP contribution in [0.1, 0.15) is 37.1 Å². The number of nitrogens with zero attached hydrogens (tertiary/aromatic N) is 1. The zero-order chi connectivity index (χ0) is 15.6. The topological polar surface area (TPSA) is 23.5 Å². The van der Waals surface area contributed by atoms with Crippen molar-refractivity contribution in [1.82, 2.24) is 0 Å². The van der Waals surface area contributed by atoms with Crippen molar-refractivity contribution in [3.8, 4) is 0 Å².